The molecule has 1 aliphatic rings. The minimum atomic E-state index is -0.738. The van der Waals surface area contributed by atoms with Gasteiger partial charge in [0, 0.05) is 18.7 Å². The summed E-state index contributed by atoms with van der Waals surface area (Å²) in [6.07, 6.45) is 1.86. The number of benzene rings is 2. The molecular weight excluding hydrogens is 744 g/mol. The number of aromatic nitrogens is 1. The van der Waals surface area contributed by atoms with Crippen LogP contribution in [0.2, 0.25) is 0 Å². The molecule has 11 heteroatoms. The lowest BCUT2D eigenvalue weighted by Gasteiger charge is -2.30. The van der Waals surface area contributed by atoms with Crippen molar-refractivity contribution in [3.8, 4) is 17.2 Å². The number of rotatable bonds is 8. The summed E-state index contributed by atoms with van der Waals surface area (Å²) in [6, 6.07) is 8.62. The molecule has 2 heterocycles. The van der Waals surface area contributed by atoms with Gasteiger partial charge in [-0.3, -0.25) is 14.2 Å². The third kappa shape index (κ3) is 5.62. The van der Waals surface area contributed by atoms with E-state index in [0.29, 0.717) is 50.8 Å². The number of fused-ring (bicyclic) bond motifs is 1. The summed E-state index contributed by atoms with van der Waals surface area (Å²) in [5.74, 6) is 1.79. The molecule has 1 aromatic heterocycles. The highest BCUT2D eigenvalue weighted by atomic mass is 127. The van der Waals surface area contributed by atoms with Crippen LogP contribution < -0.4 is 29.1 Å². The molecule has 0 bridgehead atoms. The van der Waals surface area contributed by atoms with Gasteiger partial charge in [0.2, 0.25) is 0 Å². The Morgan fingerprint density at radius 3 is 2.31 bits per heavy atom. The van der Waals surface area contributed by atoms with E-state index in [1.165, 1.54) is 11.3 Å². The Labute approximate surface area is 258 Å². The largest absolute Gasteiger partial charge is 0.497 e. The first kappa shape index (κ1) is 29.6. The number of methoxy groups -OCH3 is 3. The number of ether oxygens (including phenoxy) is 3. The van der Waals surface area contributed by atoms with Crippen LogP contribution in [0.4, 0.5) is 0 Å². The van der Waals surface area contributed by atoms with E-state index in [9.17, 15) is 9.59 Å². The normalized spacial score (nSPS) is 15.1. The molecule has 0 saturated heterocycles. The van der Waals surface area contributed by atoms with Gasteiger partial charge in [-0.15, -0.1) is 0 Å². The topological polar surface area (TPSA) is 82.4 Å². The molecule has 0 N–H and O–H groups in total. The number of hydrogen-bond acceptors (Lipinski definition) is 7. The quantitative estimate of drug-likeness (QED) is 0.319. The van der Waals surface area contributed by atoms with Crippen LogP contribution in [0.3, 0.4) is 0 Å². The van der Waals surface area contributed by atoms with Crippen LogP contribution in [0.5, 0.6) is 17.2 Å². The first-order valence-corrected chi connectivity index (χ1v) is 15.2. The molecule has 0 spiro atoms. The minimum Gasteiger partial charge on any atom is -0.497 e. The lowest BCUT2D eigenvalue weighted by molar-refractivity contribution is -0.127. The zero-order valence-electron chi connectivity index (χ0n) is 22.5. The monoisotopic (exact) mass is 773 g/mol. The zero-order valence-corrected chi connectivity index (χ0v) is 27.6. The first-order valence-electron chi connectivity index (χ1n) is 12.3. The van der Waals surface area contributed by atoms with E-state index in [2.05, 4.69) is 45.2 Å². The number of amides is 1. The van der Waals surface area contributed by atoms with E-state index in [-0.39, 0.29) is 11.5 Å². The van der Waals surface area contributed by atoms with Crippen LogP contribution in [0.15, 0.2) is 51.4 Å². The molecule has 0 aliphatic carbocycles. The maximum Gasteiger partial charge on any atom is 0.271 e. The van der Waals surface area contributed by atoms with E-state index >= 15 is 0 Å². The summed E-state index contributed by atoms with van der Waals surface area (Å²) < 4.78 is 20.7. The van der Waals surface area contributed by atoms with E-state index in [1.54, 1.807) is 42.9 Å². The van der Waals surface area contributed by atoms with Gasteiger partial charge in [-0.05, 0) is 108 Å². The Hall–Kier alpha value is -2.39. The Kier molecular flexibility index (Phi) is 9.42. The number of halogens is 2. The predicted molar refractivity (Wildman–Crippen MR) is 170 cm³/mol. The molecule has 1 atom stereocenters. The zero-order chi connectivity index (χ0) is 28.4. The molecule has 0 unspecified atom stereocenters. The van der Waals surface area contributed by atoms with Crippen LogP contribution in [0.25, 0.3) is 6.08 Å². The molecule has 0 radical (unpaired) electrons. The Bertz CT molecular complexity index is 1620. The van der Waals surface area contributed by atoms with Gasteiger partial charge in [-0.25, -0.2) is 4.99 Å². The average molecular weight is 773 g/mol. The fourth-order valence-corrected chi connectivity index (χ4v) is 7.94. The number of nitrogens with zero attached hydrogens (tertiary/aromatic N) is 3. The molecule has 1 amide bonds. The van der Waals surface area contributed by atoms with Crippen molar-refractivity contribution in [3.63, 3.8) is 0 Å². The highest BCUT2D eigenvalue weighted by Gasteiger charge is 2.36. The van der Waals surface area contributed by atoms with Crippen molar-refractivity contribution >= 4 is 68.5 Å². The van der Waals surface area contributed by atoms with Crippen molar-refractivity contribution in [2.45, 2.75) is 26.8 Å². The van der Waals surface area contributed by atoms with Gasteiger partial charge < -0.3 is 19.1 Å². The van der Waals surface area contributed by atoms with Crippen molar-refractivity contribution in [3.05, 3.63) is 79.6 Å². The fraction of sp³-hybridized carbons (Fsp3) is 0.321. The summed E-state index contributed by atoms with van der Waals surface area (Å²) in [5.41, 5.74) is 2.32. The number of carbonyl (C=O) groups excluding carboxylic acids is 1. The van der Waals surface area contributed by atoms with Crippen LogP contribution >= 0.6 is 56.5 Å². The number of carbonyl (C=O) groups is 1. The van der Waals surface area contributed by atoms with Crippen molar-refractivity contribution in [2.75, 3.05) is 34.4 Å². The molecule has 0 saturated carbocycles. The van der Waals surface area contributed by atoms with Gasteiger partial charge in [0.05, 0.1) is 44.3 Å². The number of hydrogen-bond donors (Lipinski definition) is 0. The Morgan fingerprint density at radius 1 is 1.08 bits per heavy atom. The highest BCUT2D eigenvalue weighted by molar-refractivity contribution is 14.1. The molecule has 206 valence electrons. The number of allylic oxidation sites excluding steroid dienone is 1. The van der Waals surface area contributed by atoms with E-state index in [4.69, 9.17) is 19.2 Å². The molecule has 2 aromatic carbocycles. The molecule has 39 heavy (non-hydrogen) atoms. The van der Waals surface area contributed by atoms with Crippen LogP contribution in [0, 0.1) is 7.14 Å². The number of thiazole rings is 1. The van der Waals surface area contributed by atoms with Gasteiger partial charge in [0.25, 0.3) is 11.5 Å². The second-order valence-corrected chi connectivity index (χ2v) is 12.0. The highest BCUT2D eigenvalue weighted by Crippen LogP contribution is 2.38. The predicted octanol–water partition coefficient (Wildman–Crippen LogP) is 4.34. The van der Waals surface area contributed by atoms with Crippen molar-refractivity contribution in [1.29, 1.82) is 0 Å². The lowest BCUT2D eigenvalue weighted by atomic mass is 9.93. The number of likely N-dealkylation sites (N-methyl/N-ethyl adjacent to an activating group) is 1. The smallest absolute Gasteiger partial charge is 0.271 e. The fourth-order valence-electron chi connectivity index (χ4n) is 4.63. The second kappa shape index (κ2) is 12.4. The third-order valence-electron chi connectivity index (χ3n) is 6.56. The second-order valence-electron chi connectivity index (χ2n) is 8.68. The van der Waals surface area contributed by atoms with Crippen LogP contribution in [0.1, 0.15) is 37.9 Å². The molecule has 1 aliphatic heterocycles. The van der Waals surface area contributed by atoms with Gasteiger partial charge >= 0.3 is 0 Å². The van der Waals surface area contributed by atoms with Gasteiger partial charge in [0.15, 0.2) is 4.80 Å². The first-order chi connectivity index (χ1) is 18.7. The van der Waals surface area contributed by atoms with Crippen molar-refractivity contribution < 1.29 is 19.0 Å². The molecule has 8 nitrogen and oxygen atoms in total. The van der Waals surface area contributed by atoms with Crippen molar-refractivity contribution in [2.24, 2.45) is 4.99 Å². The van der Waals surface area contributed by atoms with Crippen LogP contribution in [-0.4, -0.2) is 49.8 Å². The third-order valence-corrected chi connectivity index (χ3v) is 9.14. The van der Waals surface area contributed by atoms with Crippen molar-refractivity contribution in [1.82, 2.24) is 9.47 Å². The summed E-state index contributed by atoms with van der Waals surface area (Å²) in [5, 5.41) is 0. The Balaban J connectivity index is 2.02. The summed E-state index contributed by atoms with van der Waals surface area (Å²) >= 11 is 5.75. The lowest BCUT2D eigenvalue weighted by Crippen LogP contribution is -2.43. The van der Waals surface area contributed by atoms with Gasteiger partial charge in [-0.2, -0.15) is 0 Å². The molecule has 4 rings (SSSR count). The molecular formula is C28H29I2N3O5S. The van der Waals surface area contributed by atoms with Crippen LogP contribution in [-0.2, 0) is 4.79 Å². The molecule has 3 aromatic rings. The summed E-state index contributed by atoms with van der Waals surface area (Å²) in [7, 11) is 4.80. The minimum absolute atomic E-state index is 0.162. The van der Waals surface area contributed by atoms with E-state index in [1.807, 2.05) is 45.0 Å². The summed E-state index contributed by atoms with van der Waals surface area (Å²) in [6.45, 7) is 6.76. The SMILES string of the molecule is CCN(CC)C(=O)C1=C(C)N=c2s/c(=C/c3cc(I)c(OC)c(I)c3)c(=O)n2[C@H]1c1cc(OC)ccc1OC. The standard InChI is InChI=1S/C28H29I2N3O5S/c1-7-32(8-2)27(35)23-15(3)31-28-33(24(23)18-14-17(36-4)9-10-21(18)37-5)26(34)22(39-28)13-16-11-19(29)25(38-6)20(30)12-16/h9-14,24H,7-8H2,1-6H3/b22-13+/t24-/m0/s1. The maximum atomic E-state index is 14.1. The maximum absolute atomic E-state index is 14.1. The summed E-state index contributed by atoms with van der Waals surface area (Å²) in [4.78, 5) is 35.0. The molecule has 0 fully saturated rings. The average Bonchev–Trinajstić information content (AvgIpc) is 3.21. The Morgan fingerprint density at radius 2 is 1.74 bits per heavy atom. The van der Waals surface area contributed by atoms with E-state index in [0.717, 1.165) is 18.5 Å². The van der Waals surface area contributed by atoms with Gasteiger partial charge in [-0.1, -0.05) is 11.3 Å². The van der Waals surface area contributed by atoms with Gasteiger partial charge in [0.1, 0.15) is 23.3 Å². The van der Waals surface area contributed by atoms with E-state index < -0.39 is 6.04 Å².